The predicted octanol–water partition coefficient (Wildman–Crippen LogP) is 5.95. The van der Waals surface area contributed by atoms with Gasteiger partial charge in [-0.15, -0.1) is 0 Å². The first kappa shape index (κ1) is 20.2. The van der Waals surface area contributed by atoms with E-state index in [1.165, 1.54) is 12.1 Å². The molecule has 3 aromatic carbocycles. The summed E-state index contributed by atoms with van der Waals surface area (Å²) in [6.07, 6.45) is -4.87. The molecular formula is C21H15F4NO3. The molecule has 0 saturated carbocycles. The SMILES string of the molecule is O=C(O)c1cc(NCc2ccccc2)c(Oc2ccc(F)cc2)c(C(F)(F)F)c1. The van der Waals surface area contributed by atoms with Crippen LogP contribution in [-0.2, 0) is 12.7 Å². The van der Waals surface area contributed by atoms with Crippen LogP contribution in [0.2, 0.25) is 0 Å². The van der Waals surface area contributed by atoms with E-state index >= 15 is 0 Å². The summed E-state index contributed by atoms with van der Waals surface area (Å²) in [5.74, 6) is -2.70. The molecular weight excluding hydrogens is 390 g/mol. The molecule has 0 aliphatic carbocycles. The molecule has 0 amide bonds. The summed E-state index contributed by atoms with van der Waals surface area (Å²) in [6, 6.07) is 14.9. The second-order valence-electron chi connectivity index (χ2n) is 6.10. The molecule has 0 saturated heterocycles. The van der Waals surface area contributed by atoms with Gasteiger partial charge in [-0.05, 0) is 42.0 Å². The van der Waals surface area contributed by atoms with Crippen LogP contribution in [0.25, 0.3) is 0 Å². The van der Waals surface area contributed by atoms with Crippen LogP contribution in [0.15, 0.2) is 66.7 Å². The van der Waals surface area contributed by atoms with Gasteiger partial charge in [-0.2, -0.15) is 13.2 Å². The fourth-order valence-electron chi connectivity index (χ4n) is 2.62. The van der Waals surface area contributed by atoms with Crippen molar-refractivity contribution in [1.82, 2.24) is 0 Å². The minimum Gasteiger partial charge on any atom is -0.478 e. The number of carbonyl (C=O) groups is 1. The van der Waals surface area contributed by atoms with Gasteiger partial charge in [0.05, 0.1) is 11.3 Å². The molecule has 0 spiro atoms. The van der Waals surface area contributed by atoms with Crippen LogP contribution in [0, 0.1) is 5.82 Å². The van der Waals surface area contributed by atoms with Crippen molar-refractivity contribution >= 4 is 11.7 Å². The molecule has 0 aliphatic rings. The Labute approximate surface area is 163 Å². The van der Waals surface area contributed by atoms with Gasteiger partial charge < -0.3 is 15.2 Å². The fourth-order valence-corrected chi connectivity index (χ4v) is 2.62. The highest BCUT2D eigenvalue weighted by Crippen LogP contribution is 2.43. The van der Waals surface area contributed by atoms with Crippen LogP contribution in [0.4, 0.5) is 23.2 Å². The first-order valence-corrected chi connectivity index (χ1v) is 8.44. The summed E-state index contributed by atoms with van der Waals surface area (Å²) in [5.41, 5.74) is -1.17. The molecule has 29 heavy (non-hydrogen) atoms. The molecule has 0 aliphatic heterocycles. The third kappa shape index (κ3) is 5.04. The van der Waals surface area contributed by atoms with Gasteiger partial charge in [0.15, 0.2) is 5.75 Å². The molecule has 2 N–H and O–H groups in total. The average Bonchev–Trinajstić information content (AvgIpc) is 2.68. The van der Waals surface area contributed by atoms with Crippen molar-refractivity contribution in [3.8, 4) is 11.5 Å². The van der Waals surface area contributed by atoms with Crippen molar-refractivity contribution in [2.75, 3.05) is 5.32 Å². The topological polar surface area (TPSA) is 58.6 Å². The lowest BCUT2D eigenvalue weighted by Gasteiger charge is -2.19. The zero-order valence-electron chi connectivity index (χ0n) is 14.8. The lowest BCUT2D eigenvalue weighted by Crippen LogP contribution is -2.12. The van der Waals surface area contributed by atoms with Crippen LogP contribution >= 0.6 is 0 Å². The van der Waals surface area contributed by atoms with Crippen LogP contribution in [-0.4, -0.2) is 11.1 Å². The molecule has 0 heterocycles. The largest absolute Gasteiger partial charge is 0.478 e. The Hall–Kier alpha value is -3.55. The maximum absolute atomic E-state index is 13.6. The summed E-state index contributed by atoms with van der Waals surface area (Å²) in [5, 5.41) is 12.0. The van der Waals surface area contributed by atoms with Gasteiger partial charge in [0.1, 0.15) is 17.1 Å². The number of nitrogens with one attached hydrogen (secondary N) is 1. The molecule has 0 unspecified atom stereocenters. The zero-order chi connectivity index (χ0) is 21.0. The molecule has 0 atom stereocenters. The van der Waals surface area contributed by atoms with Crippen molar-refractivity contribution in [2.45, 2.75) is 12.7 Å². The van der Waals surface area contributed by atoms with Crippen molar-refractivity contribution in [2.24, 2.45) is 0 Å². The van der Waals surface area contributed by atoms with Gasteiger partial charge in [0.2, 0.25) is 0 Å². The first-order valence-electron chi connectivity index (χ1n) is 8.44. The number of hydrogen-bond acceptors (Lipinski definition) is 3. The van der Waals surface area contributed by atoms with Crippen LogP contribution in [0.5, 0.6) is 11.5 Å². The summed E-state index contributed by atoms with van der Waals surface area (Å²) in [7, 11) is 0. The van der Waals surface area contributed by atoms with Crippen molar-refractivity contribution in [3.63, 3.8) is 0 Å². The van der Waals surface area contributed by atoms with E-state index in [1.807, 2.05) is 0 Å². The Morgan fingerprint density at radius 1 is 1.00 bits per heavy atom. The molecule has 4 nitrogen and oxygen atoms in total. The van der Waals surface area contributed by atoms with Crippen LogP contribution in [0.3, 0.4) is 0 Å². The Morgan fingerprint density at radius 2 is 1.66 bits per heavy atom. The van der Waals surface area contributed by atoms with Crippen molar-refractivity contribution < 1.29 is 32.2 Å². The third-order valence-corrected chi connectivity index (χ3v) is 4.00. The highest BCUT2D eigenvalue weighted by molar-refractivity contribution is 5.90. The molecule has 0 aromatic heterocycles. The van der Waals surface area contributed by atoms with E-state index in [9.17, 15) is 27.5 Å². The van der Waals surface area contributed by atoms with E-state index in [-0.39, 0.29) is 18.0 Å². The Morgan fingerprint density at radius 3 is 2.24 bits per heavy atom. The van der Waals surface area contributed by atoms with E-state index < -0.39 is 34.8 Å². The second-order valence-corrected chi connectivity index (χ2v) is 6.10. The third-order valence-electron chi connectivity index (χ3n) is 4.00. The van der Waals surface area contributed by atoms with Gasteiger partial charge in [0, 0.05) is 6.54 Å². The number of rotatable bonds is 6. The number of halogens is 4. The summed E-state index contributed by atoms with van der Waals surface area (Å²) in [4.78, 5) is 11.3. The standard InChI is InChI=1S/C21H15F4NO3/c22-15-6-8-16(9-7-15)29-19-17(21(23,24)25)10-14(20(27)28)11-18(19)26-12-13-4-2-1-3-5-13/h1-11,26H,12H2,(H,27,28). The lowest BCUT2D eigenvalue weighted by atomic mass is 10.1. The number of aromatic carboxylic acids is 1. The van der Waals surface area contributed by atoms with Crippen molar-refractivity contribution in [1.29, 1.82) is 0 Å². The smallest absolute Gasteiger partial charge is 0.420 e. The number of benzene rings is 3. The van der Waals surface area contributed by atoms with Gasteiger partial charge in [-0.3, -0.25) is 0 Å². The number of carboxylic acids is 1. The number of carboxylic acid groups (broad SMARTS) is 1. The van der Waals surface area contributed by atoms with Crippen molar-refractivity contribution in [3.05, 3.63) is 89.2 Å². The average molecular weight is 405 g/mol. The van der Waals surface area contributed by atoms with E-state index in [0.29, 0.717) is 6.07 Å². The molecule has 0 bridgehead atoms. The molecule has 3 rings (SSSR count). The number of hydrogen-bond donors (Lipinski definition) is 2. The molecule has 3 aromatic rings. The highest BCUT2D eigenvalue weighted by Gasteiger charge is 2.37. The zero-order valence-corrected chi connectivity index (χ0v) is 14.8. The Kier molecular flexibility index (Phi) is 5.72. The summed E-state index contributed by atoms with van der Waals surface area (Å²) >= 11 is 0. The number of anilines is 1. The quantitative estimate of drug-likeness (QED) is 0.498. The number of alkyl halides is 3. The predicted molar refractivity (Wildman–Crippen MR) is 98.6 cm³/mol. The fraction of sp³-hybridized carbons (Fsp3) is 0.0952. The molecule has 0 fully saturated rings. The Balaban J connectivity index is 2.07. The van der Waals surface area contributed by atoms with Gasteiger partial charge in [-0.25, -0.2) is 9.18 Å². The van der Waals surface area contributed by atoms with Crippen LogP contribution in [0.1, 0.15) is 21.5 Å². The van der Waals surface area contributed by atoms with E-state index in [4.69, 9.17) is 4.74 Å². The monoisotopic (exact) mass is 405 g/mol. The molecule has 150 valence electrons. The summed E-state index contributed by atoms with van der Waals surface area (Å²) in [6.45, 7) is 0.140. The maximum Gasteiger partial charge on any atom is 0.420 e. The second kappa shape index (κ2) is 8.22. The van der Waals surface area contributed by atoms with E-state index in [1.54, 1.807) is 30.3 Å². The van der Waals surface area contributed by atoms with Gasteiger partial charge >= 0.3 is 12.1 Å². The Bertz CT molecular complexity index is 1000. The van der Waals surface area contributed by atoms with Gasteiger partial charge in [0.25, 0.3) is 0 Å². The lowest BCUT2D eigenvalue weighted by molar-refractivity contribution is -0.138. The first-order chi connectivity index (χ1) is 13.7. The molecule has 0 radical (unpaired) electrons. The van der Waals surface area contributed by atoms with Crippen LogP contribution < -0.4 is 10.1 Å². The van der Waals surface area contributed by atoms with Gasteiger partial charge in [-0.1, -0.05) is 30.3 Å². The normalized spacial score (nSPS) is 11.2. The maximum atomic E-state index is 13.6. The highest BCUT2D eigenvalue weighted by atomic mass is 19.4. The molecule has 8 heteroatoms. The minimum atomic E-state index is -4.87. The number of ether oxygens (including phenoxy) is 1. The summed E-state index contributed by atoms with van der Waals surface area (Å²) < 4.78 is 59.4. The van der Waals surface area contributed by atoms with E-state index in [2.05, 4.69) is 5.32 Å². The van der Waals surface area contributed by atoms with E-state index in [0.717, 1.165) is 23.8 Å². The minimum absolute atomic E-state index is 0.0252.